The lowest BCUT2D eigenvalue weighted by Gasteiger charge is -2.17. The molecule has 0 atom stereocenters. The van der Waals surface area contributed by atoms with Crippen molar-refractivity contribution in [2.75, 3.05) is 0 Å². The van der Waals surface area contributed by atoms with Crippen molar-refractivity contribution in [3.63, 3.8) is 0 Å². The number of alkyl halides is 3. The highest BCUT2D eigenvalue weighted by Gasteiger charge is 2.30. The molecule has 3 rings (SSSR count). The molecule has 212 valence electrons. The number of aromatic nitrogens is 1. The molecule has 0 unspecified atom stereocenters. The van der Waals surface area contributed by atoms with Gasteiger partial charge in [-0.3, -0.25) is 4.98 Å². The Kier molecular flexibility index (Phi) is 9.99. The molecule has 0 amide bonds. The second kappa shape index (κ2) is 13.0. The molecule has 12 heteroatoms. The van der Waals surface area contributed by atoms with Crippen LogP contribution < -0.4 is 11.1 Å². The second-order valence-corrected chi connectivity index (χ2v) is 11.0. The van der Waals surface area contributed by atoms with Gasteiger partial charge in [0, 0.05) is 23.3 Å². The van der Waals surface area contributed by atoms with E-state index in [1.165, 1.54) is 25.1 Å². The van der Waals surface area contributed by atoms with E-state index in [-0.39, 0.29) is 29.1 Å². The SMILES string of the molecule is C/C(=C\C=C(\c1ncc(CN/C(N)=N/S(=O)(=O)c2ccccc2)cc1-c1ccc(Cl)cc1)C(C)C)OC(F)(F)F. The van der Waals surface area contributed by atoms with Crippen molar-refractivity contribution < 1.29 is 26.3 Å². The maximum atomic E-state index is 12.6. The molecule has 0 aliphatic rings. The lowest BCUT2D eigenvalue weighted by molar-refractivity contribution is -0.305. The second-order valence-electron chi connectivity index (χ2n) is 8.97. The quantitative estimate of drug-likeness (QED) is 0.124. The first-order chi connectivity index (χ1) is 18.7. The Morgan fingerprint density at radius 2 is 1.77 bits per heavy atom. The standard InChI is InChI=1S/C28H28ClF3N4O3S/c1-18(2)24(14-9-19(3)39-28(30,31)32)26-25(21-10-12-22(29)13-11-21)15-20(16-34-26)17-35-27(33)36-40(37,38)23-7-5-4-6-8-23/h4-16,18H,17H2,1-3H3,(H3,33,35,36)/b19-9+,24-14+. The van der Waals surface area contributed by atoms with Crippen LogP contribution in [0.5, 0.6) is 0 Å². The van der Waals surface area contributed by atoms with E-state index in [1.807, 2.05) is 19.9 Å². The third-order valence-electron chi connectivity index (χ3n) is 5.50. The number of ether oxygens (including phenoxy) is 1. The zero-order chi connectivity index (χ0) is 29.5. The summed E-state index contributed by atoms with van der Waals surface area (Å²) in [6, 6.07) is 16.5. The first kappa shape index (κ1) is 30.7. The Morgan fingerprint density at radius 3 is 2.38 bits per heavy atom. The molecule has 0 spiro atoms. The third kappa shape index (κ3) is 8.85. The zero-order valence-corrected chi connectivity index (χ0v) is 23.5. The fourth-order valence-electron chi connectivity index (χ4n) is 3.65. The van der Waals surface area contributed by atoms with Gasteiger partial charge in [-0.15, -0.1) is 17.6 Å². The first-order valence-corrected chi connectivity index (χ1v) is 13.9. The Labute approximate surface area is 236 Å². The van der Waals surface area contributed by atoms with Gasteiger partial charge in [0.05, 0.1) is 10.6 Å². The topological polar surface area (TPSA) is 107 Å². The number of rotatable bonds is 9. The lowest BCUT2D eigenvalue weighted by Crippen LogP contribution is -2.32. The monoisotopic (exact) mass is 592 g/mol. The van der Waals surface area contributed by atoms with Crippen LogP contribution in [0, 0.1) is 5.92 Å². The maximum Gasteiger partial charge on any atom is 0.572 e. The van der Waals surface area contributed by atoms with Crippen molar-refractivity contribution >= 4 is 33.2 Å². The van der Waals surface area contributed by atoms with E-state index in [4.69, 9.17) is 17.3 Å². The van der Waals surface area contributed by atoms with E-state index in [1.54, 1.807) is 54.7 Å². The van der Waals surface area contributed by atoms with Crippen LogP contribution in [-0.4, -0.2) is 25.7 Å². The summed E-state index contributed by atoms with van der Waals surface area (Å²) >= 11 is 6.08. The van der Waals surface area contributed by atoms with E-state index in [0.717, 1.165) is 5.56 Å². The number of hydrogen-bond acceptors (Lipinski definition) is 4. The smallest absolute Gasteiger partial charge is 0.411 e. The third-order valence-corrected chi connectivity index (χ3v) is 7.06. The summed E-state index contributed by atoms with van der Waals surface area (Å²) in [7, 11) is -3.99. The Bertz CT molecular complexity index is 1520. The van der Waals surface area contributed by atoms with Gasteiger partial charge in [-0.05, 0) is 65.9 Å². The number of benzene rings is 2. The van der Waals surface area contributed by atoms with Crippen LogP contribution in [0.1, 0.15) is 32.0 Å². The molecule has 3 N–H and O–H groups in total. The number of hydrogen-bond donors (Lipinski definition) is 2. The molecule has 0 aliphatic carbocycles. The van der Waals surface area contributed by atoms with Crippen LogP contribution in [0.3, 0.4) is 0 Å². The van der Waals surface area contributed by atoms with E-state index in [2.05, 4.69) is 19.4 Å². The number of guanidine groups is 1. The van der Waals surface area contributed by atoms with Crippen molar-refractivity contribution in [2.24, 2.45) is 16.0 Å². The molecule has 1 heterocycles. The number of nitrogens with one attached hydrogen (secondary N) is 1. The summed E-state index contributed by atoms with van der Waals surface area (Å²) in [5.41, 5.74) is 9.18. The van der Waals surface area contributed by atoms with Crippen LogP contribution in [0.2, 0.25) is 5.02 Å². The fourth-order valence-corrected chi connectivity index (χ4v) is 4.71. The summed E-state index contributed by atoms with van der Waals surface area (Å²) in [6.07, 6.45) is -0.431. The summed E-state index contributed by atoms with van der Waals surface area (Å²) < 4.78 is 70.4. The highest BCUT2D eigenvalue weighted by Crippen LogP contribution is 2.33. The molecule has 0 radical (unpaired) electrons. The summed E-state index contributed by atoms with van der Waals surface area (Å²) in [6.45, 7) is 5.11. The number of halogens is 4. The molecule has 3 aromatic rings. The Balaban J connectivity index is 1.97. The molecule has 40 heavy (non-hydrogen) atoms. The van der Waals surface area contributed by atoms with E-state index in [9.17, 15) is 21.6 Å². The molecule has 7 nitrogen and oxygen atoms in total. The highest BCUT2D eigenvalue weighted by molar-refractivity contribution is 7.90. The van der Waals surface area contributed by atoms with E-state index < -0.39 is 16.4 Å². The zero-order valence-electron chi connectivity index (χ0n) is 21.9. The van der Waals surface area contributed by atoms with Gasteiger partial charge in [0.2, 0.25) is 5.96 Å². The molecular formula is C28H28ClF3N4O3S. The van der Waals surface area contributed by atoms with Crippen molar-refractivity contribution in [1.29, 1.82) is 0 Å². The van der Waals surface area contributed by atoms with Gasteiger partial charge in [0.1, 0.15) is 5.76 Å². The van der Waals surface area contributed by atoms with E-state index in [0.29, 0.717) is 27.4 Å². The van der Waals surface area contributed by atoms with Crippen molar-refractivity contribution in [3.8, 4) is 11.1 Å². The molecule has 0 aliphatic heterocycles. The van der Waals surface area contributed by atoms with Crippen LogP contribution in [0.4, 0.5) is 13.2 Å². The summed E-state index contributed by atoms with van der Waals surface area (Å²) in [5.74, 6) is -0.725. The first-order valence-electron chi connectivity index (χ1n) is 12.0. The van der Waals surface area contributed by atoms with Gasteiger partial charge in [-0.25, -0.2) is 0 Å². The molecule has 0 saturated carbocycles. The highest BCUT2D eigenvalue weighted by atomic mass is 35.5. The van der Waals surface area contributed by atoms with Gasteiger partial charge < -0.3 is 15.8 Å². The van der Waals surface area contributed by atoms with E-state index >= 15 is 0 Å². The van der Waals surface area contributed by atoms with Crippen LogP contribution in [-0.2, 0) is 21.3 Å². The predicted molar refractivity (Wildman–Crippen MR) is 150 cm³/mol. The minimum absolute atomic E-state index is 0.00807. The van der Waals surface area contributed by atoms with Crippen molar-refractivity contribution in [3.05, 3.63) is 101 Å². The lowest BCUT2D eigenvalue weighted by atomic mass is 9.91. The number of sulfonamides is 1. The van der Waals surface area contributed by atoms with Crippen LogP contribution >= 0.6 is 11.6 Å². The molecule has 0 fully saturated rings. The summed E-state index contributed by atoms with van der Waals surface area (Å²) in [5, 5.41) is 3.32. The Morgan fingerprint density at radius 1 is 1.12 bits per heavy atom. The number of allylic oxidation sites excluding steroid dienone is 4. The predicted octanol–water partition coefficient (Wildman–Crippen LogP) is 6.67. The van der Waals surface area contributed by atoms with Crippen LogP contribution in [0.15, 0.2) is 94.1 Å². The normalized spacial score (nSPS) is 13.4. The fraction of sp³-hybridized carbons (Fsp3) is 0.214. The minimum Gasteiger partial charge on any atom is -0.411 e. The largest absolute Gasteiger partial charge is 0.572 e. The van der Waals surface area contributed by atoms with Gasteiger partial charge in [0.25, 0.3) is 10.0 Å². The Hall–Kier alpha value is -3.83. The molecule has 0 bridgehead atoms. The molecule has 2 aromatic carbocycles. The average Bonchev–Trinajstić information content (AvgIpc) is 2.87. The van der Waals surface area contributed by atoms with Gasteiger partial charge >= 0.3 is 6.36 Å². The molecular weight excluding hydrogens is 565 g/mol. The minimum atomic E-state index is -4.79. The maximum absolute atomic E-state index is 12.6. The molecule has 1 aromatic heterocycles. The van der Waals surface area contributed by atoms with Crippen molar-refractivity contribution in [2.45, 2.75) is 38.6 Å². The van der Waals surface area contributed by atoms with Gasteiger partial charge in [-0.1, -0.05) is 61.9 Å². The number of pyridine rings is 1. The number of nitrogens with zero attached hydrogens (tertiary/aromatic N) is 2. The van der Waals surface area contributed by atoms with Gasteiger partial charge in [0.15, 0.2) is 0 Å². The molecule has 0 saturated heterocycles. The van der Waals surface area contributed by atoms with Crippen molar-refractivity contribution in [1.82, 2.24) is 10.3 Å². The van der Waals surface area contributed by atoms with Crippen LogP contribution in [0.25, 0.3) is 16.7 Å². The summed E-state index contributed by atoms with van der Waals surface area (Å²) in [4.78, 5) is 4.63. The van der Waals surface area contributed by atoms with Gasteiger partial charge in [-0.2, -0.15) is 8.42 Å². The number of nitrogens with two attached hydrogens (primary N) is 1. The average molecular weight is 593 g/mol.